The molecule has 0 bridgehead atoms. The van der Waals surface area contributed by atoms with Gasteiger partial charge in [-0.3, -0.25) is 4.79 Å². The molecule has 22 heavy (non-hydrogen) atoms. The maximum Gasteiger partial charge on any atom is 0.241 e. The van der Waals surface area contributed by atoms with Crippen LogP contribution in [-0.2, 0) is 4.79 Å². The van der Waals surface area contributed by atoms with E-state index in [0.29, 0.717) is 5.92 Å². The van der Waals surface area contributed by atoms with Crippen LogP contribution in [-0.4, -0.2) is 28.5 Å². The first-order valence-electron chi connectivity index (χ1n) is 7.83. The standard InChI is InChI=1S/C16H20N4O.ClH/c21-16(13-5-2-8-17-13)18-11-6-7-12-14(9-11)20-15(19-12)10-3-1-4-10;/h6-7,9-10,13,17H,1-5,8H2,(H,18,21)(H,19,20);1H/t13-;/m0./s1. The smallest absolute Gasteiger partial charge is 0.241 e. The van der Waals surface area contributed by atoms with Crippen molar-refractivity contribution < 1.29 is 4.79 Å². The van der Waals surface area contributed by atoms with E-state index in [9.17, 15) is 4.79 Å². The molecule has 0 spiro atoms. The number of carbonyl (C=O) groups excluding carboxylic acids is 1. The number of H-pyrrole nitrogens is 1. The van der Waals surface area contributed by atoms with Gasteiger partial charge in [0, 0.05) is 11.6 Å². The van der Waals surface area contributed by atoms with Crippen molar-refractivity contribution >= 4 is 35.0 Å². The molecule has 3 N–H and O–H groups in total. The number of hydrogen-bond acceptors (Lipinski definition) is 3. The van der Waals surface area contributed by atoms with Crippen molar-refractivity contribution in [3.05, 3.63) is 24.0 Å². The largest absolute Gasteiger partial charge is 0.342 e. The molecule has 6 heteroatoms. The number of rotatable bonds is 3. The van der Waals surface area contributed by atoms with Gasteiger partial charge in [-0.15, -0.1) is 12.4 Å². The minimum atomic E-state index is -0.0481. The molecule has 1 aliphatic carbocycles. The molecule has 1 atom stereocenters. The number of hydrogen-bond donors (Lipinski definition) is 3. The Labute approximate surface area is 135 Å². The molecule has 1 aromatic heterocycles. The summed E-state index contributed by atoms with van der Waals surface area (Å²) in [6.07, 6.45) is 5.76. The third-order valence-corrected chi connectivity index (χ3v) is 4.64. The minimum absolute atomic E-state index is 0. The van der Waals surface area contributed by atoms with Crippen molar-refractivity contribution in [3.8, 4) is 0 Å². The molecule has 1 saturated heterocycles. The highest BCUT2D eigenvalue weighted by Crippen LogP contribution is 2.35. The lowest BCUT2D eigenvalue weighted by atomic mass is 9.85. The lowest BCUT2D eigenvalue weighted by Gasteiger charge is -2.22. The Morgan fingerprint density at radius 2 is 2.09 bits per heavy atom. The molecule has 2 aliphatic rings. The highest BCUT2D eigenvalue weighted by atomic mass is 35.5. The third-order valence-electron chi connectivity index (χ3n) is 4.64. The van der Waals surface area contributed by atoms with E-state index >= 15 is 0 Å². The van der Waals surface area contributed by atoms with Crippen LogP contribution >= 0.6 is 12.4 Å². The van der Waals surface area contributed by atoms with Crippen LogP contribution in [0.4, 0.5) is 5.69 Å². The van der Waals surface area contributed by atoms with Gasteiger partial charge in [0.2, 0.25) is 5.91 Å². The van der Waals surface area contributed by atoms with Gasteiger partial charge in [-0.05, 0) is 50.4 Å². The number of nitrogens with zero attached hydrogens (tertiary/aromatic N) is 1. The Morgan fingerprint density at radius 1 is 1.23 bits per heavy atom. The fourth-order valence-electron chi connectivity index (χ4n) is 3.12. The first-order chi connectivity index (χ1) is 10.3. The van der Waals surface area contributed by atoms with Crippen molar-refractivity contribution in [1.82, 2.24) is 15.3 Å². The van der Waals surface area contributed by atoms with Gasteiger partial charge in [0.15, 0.2) is 0 Å². The number of carbonyl (C=O) groups is 1. The molecule has 2 aromatic rings. The summed E-state index contributed by atoms with van der Waals surface area (Å²) in [5, 5.41) is 6.21. The molecular formula is C16H21ClN4O. The Bertz CT molecular complexity index is 674. The average Bonchev–Trinajstić information content (AvgIpc) is 3.04. The lowest BCUT2D eigenvalue weighted by Crippen LogP contribution is -2.35. The van der Waals surface area contributed by atoms with E-state index in [-0.39, 0.29) is 24.4 Å². The van der Waals surface area contributed by atoms with Crippen molar-refractivity contribution in [2.45, 2.75) is 44.1 Å². The molecule has 1 aliphatic heterocycles. The number of halogens is 1. The minimum Gasteiger partial charge on any atom is -0.342 e. The number of anilines is 1. The second-order valence-electron chi connectivity index (χ2n) is 6.12. The quantitative estimate of drug-likeness (QED) is 0.814. The predicted octanol–water partition coefficient (Wildman–Crippen LogP) is 2.94. The highest BCUT2D eigenvalue weighted by molar-refractivity contribution is 5.96. The summed E-state index contributed by atoms with van der Waals surface area (Å²) in [6, 6.07) is 5.84. The zero-order chi connectivity index (χ0) is 14.2. The predicted molar refractivity (Wildman–Crippen MR) is 89.6 cm³/mol. The molecule has 1 amide bonds. The average molecular weight is 321 g/mol. The van der Waals surface area contributed by atoms with Gasteiger partial charge in [0.05, 0.1) is 17.1 Å². The molecule has 4 rings (SSSR count). The van der Waals surface area contributed by atoms with Gasteiger partial charge in [-0.2, -0.15) is 0 Å². The number of imidazole rings is 1. The Kier molecular flexibility index (Phi) is 4.36. The molecule has 0 unspecified atom stereocenters. The van der Waals surface area contributed by atoms with E-state index in [4.69, 9.17) is 0 Å². The molecule has 2 heterocycles. The van der Waals surface area contributed by atoms with Gasteiger partial charge in [0.25, 0.3) is 0 Å². The van der Waals surface area contributed by atoms with E-state index in [2.05, 4.69) is 20.6 Å². The number of nitrogens with one attached hydrogen (secondary N) is 3. The summed E-state index contributed by atoms with van der Waals surface area (Å²) in [4.78, 5) is 20.2. The molecule has 5 nitrogen and oxygen atoms in total. The Hall–Kier alpha value is -1.59. The van der Waals surface area contributed by atoms with E-state index in [1.807, 2.05) is 18.2 Å². The van der Waals surface area contributed by atoms with Crippen LogP contribution in [0.25, 0.3) is 11.0 Å². The molecule has 1 saturated carbocycles. The van der Waals surface area contributed by atoms with Gasteiger partial charge in [0.1, 0.15) is 5.82 Å². The lowest BCUT2D eigenvalue weighted by molar-refractivity contribution is -0.117. The topological polar surface area (TPSA) is 69.8 Å². The van der Waals surface area contributed by atoms with Gasteiger partial charge < -0.3 is 15.6 Å². The van der Waals surface area contributed by atoms with Crippen LogP contribution in [0, 0.1) is 0 Å². The molecule has 1 aromatic carbocycles. The zero-order valence-electron chi connectivity index (χ0n) is 12.4. The highest BCUT2D eigenvalue weighted by Gasteiger charge is 2.23. The van der Waals surface area contributed by atoms with Crippen LogP contribution in [0.1, 0.15) is 43.8 Å². The first kappa shape index (κ1) is 15.3. The van der Waals surface area contributed by atoms with Crippen molar-refractivity contribution in [2.24, 2.45) is 0 Å². The third kappa shape index (κ3) is 2.83. The van der Waals surface area contributed by atoms with Crippen LogP contribution < -0.4 is 10.6 Å². The fraction of sp³-hybridized carbons (Fsp3) is 0.500. The van der Waals surface area contributed by atoms with Crippen molar-refractivity contribution in [1.29, 1.82) is 0 Å². The summed E-state index contributed by atoms with van der Waals surface area (Å²) in [5.41, 5.74) is 2.83. The Balaban J connectivity index is 0.00000144. The van der Waals surface area contributed by atoms with Crippen molar-refractivity contribution in [3.63, 3.8) is 0 Å². The second kappa shape index (κ2) is 6.26. The fourth-order valence-corrected chi connectivity index (χ4v) is 3.12. The molecule has 0 radical (unpaired) electrons. The number of aromatic amines is 1. The first-order valence-corrected chi connectivity index (χ1v) is 7.83. The van der Waals surface area contributed by atoms with Crippen LogP contribution in [0.5, 0.6) is 0 Å². The van der Waals surface area contributed by atoms with E-state index < -0.39 is 0 Å². The van der Waals surface area contributed by atoms with Crippen molar-refractivity contribution in [2.75, 3.05) is 11.9 Å². The van der Waals surface area contributed by atoms with E-state index in [0.717, 1.165) is 41.9 Å². The van der Waals surface area contributed by atoms with E-state index in [1.165, 1.54) is 19.3 Å². The number of aromatic nitrogens is 2. The summed E-state index contributed by atoms with van der Waals surface area (Å²) >= 11 is 0. The van der Waals surface area contributed by atoms with Crippen LogP contribution in [0.3, 0.4) is 0 Å². The maximum absolute atomic E-state index is 12.1. The molecular weight excluding hydrogens is 300 g/mol. The van der Waals surface area contributed by atoms with Crippen LogP contribution in [0.2, 0.25) is 0 Å². The number of amides is 1. The van der Waals surface area contributed by atoms with Gasteiger partial charge in [-0.25, -0.2) is 4.98 Å². The molecule has 2 fully saturated rings. The SMILES string of the molecule is Cl.O=C(Nc1ccc2nc(C3CCC3)[nH]c2c1)[C@@H]1CCCN1. The monoisotopic (exact) mass is 320 g/mol. The van der Waals surface area contributed by atoms with E-state index in [1.54, 1.807) is 0 Å². The van der Waals surface area contributed by atoms with Crippen LogP contribution in [0.15, 0.2) is 18.2 Å². The normalized spacial score (nSPS) is 21.4. The van der Waals surface area contributed by atoms with Gasteiger partial charge in [-0.1, -0.05) is 6.42 Å². The summed E-state index contributed by atoms with van der Waals surface area (Å²) in [7, 11) is 0. The number of benzene rings is 1. The number of fused-ring (bicyclic) bond motifs is 1. The summed E-state index contributed by atoms with van der Waals surface area (Å²) in [6.45, 7) is 0.933. The summed E-state index contributed by atoms with van der Waals surface area (Å²) < 4.78 is 0. The summed E-state index contributed by atoms with van der Waals surface area (Å²) in [5.74, 6) is 1.75. The zero-order valence-corrected chi connectivity index (χ0v) is 13.2. The maximum atomic E-state index is 12.1. The Morgan fingerprint density at radius 3 is 2.77 bits per heavy atom. The molecule has 118 valence electrons. The van der Waals surface area contributed by atoms with Gasteiger partial charge >= 0.3 is 0 Å². The second-order valence-corrected chi connectivity index (χ2v) is 6.12.